The van der Waals surface area contributed by atoms with Crippen LogP contribution in [0.3, 0.4) is 0 Å². The van der Waals surface area contributed by atoms with Crippen molar-refractivity contribution in [1.29, 1.82) is 0 Å². The molecular weight excluding hydrogens is 254 g/mol. The Morgan fingerprint density at radius 3 is 2.50 bits per heavy atom. The fourth-order valence-corrected chi connectivity index (χ4v) is 2.03. The Morgan fingerprint density at radius 2 is 1.94 bits per heavy atom. The van der Waals surface area contributed by atoms with Crippen molar-refractivity contribution in [3.8, 4) is 0 Å². The summed E-state index contributed by atoms with van der Waals surface area (Å²) in [5, 5.41) is 0. The van der Waals surface area contributed by atoms with Gasteiger partial charge in [0.15, 0.2) is 0 Å². The van der Waals surface area contributed by atoms with E-state index in [4.69, 9.17) is 0 Å². The molecule has 0 saturated heterocycles. The van der Waals surface area contributed by atoms with Gasteiger partial charge in [0.2, 0.25) is 0 Å². The van der Waals surface area contributed by atoms with E-state index in [9.17, 15) is 13.2 Å². The lowest BCUT2D eigenvalue weighted by molar-refractivity contribution is 0.165. The lowest BCUT2D eigenvalue weighted by Gasteiger charge is -2.06. The molecule has 0 radical (unpaired) electrons. The van der Waals surface area contributed by atoms with Crippen molar-refractivity contribution in [1.82, 2.24) is 4.72 Å². The van der Waals surface area contributed by atoms with Gasteiger partial charge in [-0.25, -0.2) is 17.9 Å². The zero-order chi connectivity index (χ0) is 13.6. The number of sulfonamides is 1. The smallest absolute Gasteiger partial charge is 0.421 e. The van der Waals surface area contributed by atoms with Crippen LogP contribution in [0.1, 0.15) is 12.5 Å². The molecule has 5 nitrogen and oxygen atoms in total. The molecule has 0 fully saturated rings. The van der Waals surface area contributed by atoms with Gasteiger partial charge >= 0.3 is 6.09 Å². The van der Waals surface area contributed by atoms with Crippen LogP contribution in [-0.4, -0.2) is 21.1 Å². The number of aryl methyl sites for hydroxylation is 1. The highest BCUT2D eigenvalue weighted by atomic mass is 32.2. The number of ether oxygens (including phenoxy) is 1. The Morgan fingerprint density at radius 1 is 1.33 bits per heavy atom. The van der Waals surface area contributed by atoms with Gasteiger partial charge in [0, 0.05) is 0 Å². The van der Waals surface area contributed by atoms with Crippen LogP contribution in [0.15, 0.2) is 41.3 Å². The number of allylic oxidation sites excluding steroid dienone is 1. The van der Waals surface area contributed by atoms with Crippen LogP contribution in [0.5, 0.6) is 0 Å². The third kappa shape index (κ3) is 4.21. The summed E-state index contributed by atoms with van der Waals surface area (Å²) in [5.41, 5.74) is 0.935. The molecule has 1 amide bonds. The molecule has 0 heterocycles. The van der Waals surface area contributed by atoms with E-state index in [0.717, 1.165) is 5.56 Å². The first-order valence-electron chi connectivity index (χ1n) is 5.33. The minimum Gasteiger partial charge on any atom is -0.445 e. The van der Waals surface area contributed by atoms with Crippen molar-refractivity contribution in [3.05, 3.63) is 42.0 Å². The molecule has 1 rings (SSSR count). The third-order valence-electron chi connectivity index (χ3n) is 2.10. The number of hydrogen-bond donors (Lipinski definition) is 1. The lowest BCUT2D eigenvalue weighted by atomic mass is 10.2. The monoisotopic (exact) mass is 269 g/mol. The Labute approximate surface area is 107 Å². The summed E-state index contributed by atoms with van der Waals surface area (Å²) >= 11 is 0. The van der Waals surface area contributed by atoms with Crippen LogP contribution < -0.4 is 4.72 Å². The van der Waals surface area contributed by atoms with Gasteiger partial charge in [-0.15, -0.1) is 0 Å². The van der Waals surface area contributed by atoms with Crippen molar-refractivity contribution in [2.45, 2.75) is 18.7 Å². The summed E-state index contributed by atoms with van der Waals surface area (Å²) < 4.78 is 30.0. The van der Waals surface area contributed by atoms with Crippen LogP contribution in [0.2, 0.25) is 0 Å². The van der Waals surface area contributed by atoms with E-state index >= 15 is 0 Å². The predicted octanol–water partition coefficient (Wildman–Crippen LogP) is 1.99. The standard InChI is InChI=1S/C12H15NO4S/c1-3-4-9-17-12(14)13-18(15,16)11-7-5-10(2)6-8-11/h3-8H,9H2,1-2H3,(H,13,14)/b4-3-. The molecule has 1 N–H and O–H groups in total. The zero-order valence-corrected chi connectivity index (χ0v) is 11.0. The summed E-state index contributed by atoms with van der Waals surface area (Å²) in [4.78, 5) is 11.3. The molecule has 18 heavy (non-hydrogen) atoms. The highest BCUT2D eigenvalue weighted by Crippen LogP contribution is 2.09. The summed E-state index contributed by atoms with van der Waals surface area (Å²) in [6.07, 6.45) is 2.30. The number of rotatable bonds is 4. The van der Waals surface area contributed by atoms with Gasteiger partial charge < -0.3 is 4.74 Å². The van der Waals surface area contributed by atoms with Crippen molar-refractivity contribution in [2.75, 3.05) is 6.61 Å². The average Bonchev–Trinajstić information content (AvgIpc) is 2.29. The fraction of sp³-hybridized carbons (Fsp3) is 0.250. The molecule has 0 aliphatic heterocycles. The first-order chi connectivity index (χ1) is 8.45. The molecule has 0 saturated carbocycles. The third-order valence-corrected chi connectivity index (χ3v) is 3.42. The topological polar surface area (TPSA) is 72.5 Å². The Balaban J connectivity index is 2.70. The molecule has 0 aliphatic carbocycles. The largest absolute Gasteiger partial charge is 0.445 e. The second-order valence-corrected chi connectivity index (χ2v) is 5.27. The summed E-state index contributed by atoms with van der Waals surface area (Å²) in [7, 11) is -3.86. The molecule has 0 bridgehead atoms. The van der Waals surface area contributed by atoms with E-state index in [2.05, 4.69) is 4.74 Å². The van der Waals surface area contributed by atoms with E-state index in [0.29, 0.717) is 0 Å². The quantitative estimate of drug-likeness (QED) is 0.848. The molecule has 98 valence electrons. The summed E-state index contributed by atoms with van der Waals surface area (Å²) in [6, 6.07) is 6.16. The minimum absolute atomic E-state index is 0.0242. The number of carbonyl (C=O) groups excluding carboxylic acids is 1. The molecule has 0 unspecified atom stereocenters. The maximum atomic E-state index is 11.8. The summed E-state index contributed by atoms with van der Waals surface area (Å²) in [6.45, 7) is 3.64. The van der Waals surface area contributed by atoms with Gasteiger partial charge in [-0.3, -0.25) is 0 Å². The molecule has 0 atom stereocenters. The van der Waals surface area contributed by atoms with E-state index in [1.807, 2.05) is 11.6 Å². The fourth-order valence-electron chi connectivity index (χ4n) is 1.14. The van der Waals surface area contributed by atoms with Gasteiger partial charge in [-0.1, -0.05) is 29.8 Å². The number of benzene rings is 1. The number of carbonyl (C=O) groups is 1. The number of hydrogen-bond acceptors (Lipinski definition) is 4. The molecule has 0 spiro atoms. The highest BCUT2D eigenvalue weighted by Gasteiger charge is 2.17. The van der Waals surface area contributed by atoms with E-state index in [1.54, 1.807) is 31.2 Å². The predicted molar refractivity (Wildman–Crippen MR) is 67.7 cm³/mol. The average molecular weight is 269 g/mol. The van der Waals surface area contributed by atoms with E-state index < -0.39 is 16.1 Å². The van der Waals surface area contributed by atoms with Crippen LogP contribution in [-0.2, 0) is 14.8 Å². The Kier molecular flexibility index (Phi) is 4.91. The van der Waals surface area contributed by atoms with Crippen molar-refractivity contribution < 1.29 is 17.9 Å². The van der Waals surface area contributed by atoms with Gasteiger partial charge in [0.1, 0.15) is 6.61 Å². The molecule has 6 heteroatoms. The van der Waals surface area contributed by atoms with Gasteiger partial charge in [-0.2, -0.15) is 0 Å². The maximum absolute atomic E-state index is 11.8. The van der Waals surface area contributed by atoms with Crippen LogP contribution in [0.25, 0.3) is 0 Å². The molecule has 0 aromatic heterocycles. The molecular formula is C12H15NO4S. The van der Waals surface area contributed by atoms with Crippen LogP contribution in [0, 0.1) is 6.92 Å². The zero-order valence-electron chi connectivity index (χ0n) is 10.2. The van der Waals surface area contributed by atoms with E-state index in [1.165, 1.54) is 12.1 Å². The minimum atomic E-state index is -3.86. The number of amides is 1. The van der Waals surface area contributed by atoms with Gasteiger partial charge in [0.05, 0.1) is 4.90 Å². The maximum Gasteiger partial charge on any atom is 0.421 e. The normalized spacial score (nSPS) is 11.4. The second-order valence-electron chi connectivity index (χ2n) is 3.59. The highest BCUT2D eigenvalue weighted by molar-refractivity contribution is 7.90. The van der Waals surface area contributed by atoms with Gasteiger partial charge in [0.25, 0.3) is 10.0 Å². The molecule has 1 aromatic carbocycles. The Bertz CT molecular complexity index is 532. The lowest BCUT2D eigenvalue weighted by Crippen LogP contribution is -2.31. The van der Waals surface area contributed by atoms with Crippen molar-refractivity contribution >= 4 is 16.1 Å². The second kappa shape index (κ2) is 6.20. The van der Waals surface area contributed by atoms with Crippen LogP contribution >= 0.6 is 0 Å². The Hall–Kier alpha value is -1.82. The van der Waals surface area contributed by atoms with Gasteiger partial charge in [-0.05, 0) is 26.0 Å². The first-order valence-corrected chi connectivity index (χ1v) is 6.81. The number of nitrogens with one attached hydrogen (secondary N) is 1. The van der Waals surface area contributed by atoms with E-state index in [-0.39, 0.29) is 11.5 Å². The van der Waals surface area contributed by atoms with Crippen molar-refractivity contribution in [3.63, 3.8) is 0 Å². The first kappa shape index (κ1) is 14.2. The SMILES string of the molecule is C/C=C\COC(=O)NS(=O)(=O)c1ccc(C)cc1. The molecule has 0 aliphatic rings. The van der Waals surface area contributed by atoms with Crippen molar-refractivity contribution in [2.24, 2.45) is 0 Å². The van der Waals surface area contributed by atoms with Crippen LogP contribution in [0.4, 0.5) is 4.79 Å². The molecule has 1 aromatic rings. The summed E-state index contributed by atoms with van der Waals surface area (Å²) in [5.74, 6) is 0.